The highest BCUT2D eigenvalue weighted by molar-refractivity contribution is 6.30. The maximum Gasteiger partial charge on any atom is 0.304 e. The molecule has 0 radical (unpaired) electrons. The number of carboxylic acids is 1. The zero-order valence-corrected chi connectivity index (χ0v) is 15.7. The lowest BCUT2D eigenvalue weighted by Gasteiger charge is -2.28. The molecule has 3 heterocycles. The first kappa shape index (κ1) is 18.3. The zero-order valence-electron chi connectivity index (χ0n) is 14.9. The molecule has 2 unspecified atom stereocenters. The Bertz CT molecular complexity index is 808. The van der Waals surface area contributed by atoms with Gasteiger partial charge in [0, 0.05) is 30.8 Å². The number of fused-ring (bicyclic) bond motifs is 1. The number of hydrogen-bond donors (Lipinski definition) is 3. The third-order valence-electron chi connectivity index (χ3n) is 4.80. The molecule has 0 spiro atoms. The van der Waals surface area contributed by atoms with Gasteiger partial charge in [-0.2, -0.15) is 4.98 Å². The van der Waals surface area contributed by atoms with Crippen LogP contribution in [-0.2, 0) is 9.53 Å². The summed E-state index contributed by atoms with van der Waals surface area (Å²) in [5.74, 6) is 0.381. The van der Waals surface area contributed by atoms with Crippen LogP contribution in [0.15, 0.2) is 23.1 Å². The zero-order chi connectivity index (χ0) is 19.0. The van der Waals surface area contributed by atoms with Crippen molar-refractivity contribution in [2.75, 3.05) is 30.8 Å². The third-order valence-corrected chi connectivity index (χ3v) is 5.09. The molecule has 2 atom stereocenters. The van der Waals surface area contributed by atoms with Gasteiger partial charge in [0.05, 0.1) is 19.6 Å². The van der Waals surface area contributed by atoms with Crippen LogP contribution in [0.5, 0.6) is 0 Å². The van der Waals surface area contributed by atoms with E-state index in [1.165, 1.54) is 0 Å². The van der Waals surface area contributed by atoms with Crippen molar-refractivity contribution in [2.24, 2.45) is 0 Å². The van der Waals surface area contributed by atoms with E-state index >= 15 is 0 Å². The molecule has 9 heteroatoms. The summed E-state index contributed by atoms with van der Waals surface area (Å²) >= 11 is 6.25. The fourth-order valence-electron chi connectivity index (χ4n) is 3.59. The molecule has 3 rings (SSSR count). The van der Waals surface area contributed by atoms with E-state index in [4.69, 9.17) is 22.1 Å². The van der Waals surface area contributed by atoms with Gasteiger partial charge in [-0.05, 0) is 25.0 Å². The topological polar surface area (TPSA) is 114 Å². The van der Waals surface area contributed by atoms with Crippen molar-refractivity contribution >= 4 is 29.3 Å². The highest BCUT2D eigenvalue weighted by Gasteiger charge is 2.35. The van der Waals surface area contributed by atoms with Gasteiger partial charge >= 0.3 is 5.97 Å². The van der Waals surface area contributed by atoms with Crippen LogP contribution >= 0.6 is 11.6 Å². The monoisotopic (exact) mass is 379 g/mol. The Morgan fingerprint density at radius 1 is 1.54 bits per heavy atom. The largest absolute Gasteiger partial charge is 0.499 e. The van der Waals surface area contributed by atoms with Gasteiger partial charge < -0.3 is 25.8 Å². The highest BCUT2D eigenvalue weighted by atomic mass is 35.5. The van der Waals surface area contributed by atoms with Gasteiger partial charge in [0.15, 0.2) is 0 Å². The molecule has 0 aliphatic carbocycles. The summed E-state index contributed by atoms with van der Waals surface area (Å²) < 4.78 is 5.51. The minimum Gasteiger partial charge on any atom is -0.499 e. The van der Waals surface area contributed by atoms with E-state index in [1.807, 2.05) is 24.9 Å². The van der Waals surface area contributed by atoms with E-state index in [0.29, 0.717) is 24.5 Å². The third kappa shape index (κ3) is 3.29. The number of nitrogens with zero attached hydrogens (tertiary/aromatic N) is 3. The number of rotatable bonds is 5. The van der Waals surface area contributed by atoms with Crippen molar-refractivity contribution in [3.63, 3.8) is 0 Å². The molecule has 0 amide bonds. The van der Waals surface area contributed by atoms with Crippen molar-refractivity contribution in [2.45, 2.75) is 32.2 Å². The first-order valence-corrected chi connectivity index (χ1v) is 8.69. The summed E-state index contributed by atoms with van der Waals surface area (Å²) in [5, 5.41) is 12.7. The number of dihydropyridines is 1. The Morgan fingerprint density at radius 3 is 2.92 bits per heavy atom. The van der Waals surface area contributed by atoms with Crippen molar-refractivity contribution < 1.29 is 14.6 Å². The summed E-state index contributed by atoms with van der Waals surface area (Å²) in [5.41, 5.74) is 8.49. The SMILES string of the molecule is COC1=C(C)C(CN2CC(CC(=O)O)c3c(Cl)nc(N)nc32)=CNC1C. The van der Waals surface area contributed by atoms with Gasteiger partial charge in [-0.3, -0.25) is 4.79 Å². The Labute approximate surface area is 156 Å². The highest BCUT2D eigenvalue weighted by Crippen LogP contribution is 2.41. The summed E-state index contributed by atoms with van der Waals surface area (Å²) in [4.78, 5) is 21.5. The molecule has 2 aliphatic heterocycles. The molecular formula is C17H22ClN5O3. The molecule has 4 N–H and O–H groups in total. The first-order chi connectivity index (χ1) is 12.3. The normalized spacial score (nSPS) is 22.0. The number of aromatic nitrogens is 2. The van der Waals surface area contributed by atoms with Gasteiger partial charge in [0.2, 0.25) is 5.95 Å². The summed E-state index contributed by atoms with van der Waals surface area (Å²) in [7, 11) is 1.65. The lowest BCUT2D eigenvalue weighted by atomic mass is 10.00. The molecule has 0 saturated carbocycles. The number of nitrogens with two attached hydrogens (primary N) is 1. The number of nitrogens with one attached hydrogen (secondary N) is 1. The second-order valence-corrected chi connectivity index (χ2v) is 6.89. The molecule has 0 aromatic carbocycles. The molecule has 0 bridgehead atoms. The number of halogens is 1. The molecule has 1 aromatic heterocycles. The fraction of sp³-hybridized carbons (Fsp3) is 0.471. The number of hydrogen-bond acceptors (Lipinski definition) is 7. The molecule has 1 aromatic rings. The van der Waals surface area contributed by atoms with E-state index in [0.717, 1.165) is 16.9 Å². The maximum absolute atomic E-state index is 11.2. The van der Waals surface area contributed by atoms with Crippen LogP contribution in [0.4, 0.5) is 11.8 Å². The van der Waals surface area contributed by atoms with Gasteiger partial charge in [-0.1, -0.05) is 11.6 Å². The molecule has 26 heavy (non-hydrogen) atoms. The number of anilines is 2. The Hall–Kier alpha value is -2.48. The molecule has 0 saturated heterocycles. The second kappa shape index (κ2) is 7.03. The van der Waals surface area contributed by atoms with Crippen LogP contribution in [0.3, 0.4) is 0 Å². The van der Waals surface area contributed by atoms with Crippen LogP contribution in [0.1, 0.15) is 31.7 Å². The fourth-order valence-corrected chi connectivity index (χ4v) is 3.92. The predicted octanol–water partition coefficient (Wildman–Crippen LogP) is 1.89. The van der Waals surface area contributed by atoms with Crippen molar-refractivity contribution in [1.82, 2.24) is 15.3 Å². The van der Waals surface area contributed by atoms with Crippen molar-refractivity contribution in [3.05, 3.63) is 33.8 Å². The van der Waals surface area contributed by atoms with E-state index in [1.54, 1.807) is 7.11 Å². The van der Waals surface area contributed by atoms with E-state index < -0.39 is 5.97 Å². The number of methoxy groups -OCH3 is 1. The molecule has 2 aliphatic rings. The van der Waals surface area contributed by atoms with Crippen molar-refractivity contribution in [1.29, 1.82) is 0 Å². The standard InChI is InChI=1S/C17H22ClN5O3/c1-8-11(5-20-9(2)14(8)26-3)7-23-6-10(4-12(24)25)13-15(18)21-17(19)22-16(13)23/h5,9-10,20H,4,6-7H2,1-3H3,(H,24,25)(H2,19,21,22). The van der Waals surface area contributed by atoms with Crippen LogP contribution in [0.2, 0.25) is 5.15 Å². The minimum absolute atomic E-state index is 0.0387. The van der Waals surface area contributed by atoms with E-state index in [2.05, 4.69) is 15.3 Å². The van der Waals surface area contributed by atoms with E-state index in [-0.39, 0.29) is 29.5 Å². The smallest absolute Gasteiger partial charge is 0.304 e. The predicted molar refractivity (Wildman–Crippen MR) is 99.1 cm³/mol. The molecule has 0 fully saturated rings. The number of ether oxygens (including phenoxy) is 1. The van der Waals surface area contributed by atoms with Gasteiger partial charge in [-0.15, -0.1) is 0 Å². The molecule has 140 valence electrons. The first-order valence-electron chi connectivity index (χ1n) is 8.31. The number of carbonyl (C=O) groups is 1. The minimum atomic E-state index is -0.888. The number of aliphatic carboxylic acids is 1. The van der Waals surface area contributed by atoms with E-state index in [9.17, 15) is 9.90 Å². The maximum atomic E-state index is 11.2. The van der Waals surface area contributed by atoms with Crippen LogP contribution in [0.25, 0.3) is 0 Å². The summed E-state index contributed by atoms with van der Waals surface area (Å²) in [6.45, 7) is 5.06. The quantitative estimate of drug-likeness (QED) is 0.664. The average Bonchev–Trinajstić information content (AvgIpc) is 2.87. The van der Waals surface area contributed by atoms with Gasteiger partial charge in [-0.25, -0.2) is 4.98 Å². The lowest BCUT2D eigenvalue weighted by Crippen LogP contribution is -2.33. The summed E-state index contributed by atoms with van der Waals surface area (Å²) in [6.07, 6.45) is 1.92. The van der Waals surface area contributed by atoms with Crippen molar-refractivity contribution in [3.8, 4) is 0 Å². The average molecular weight is 380 g/mol. The number of nitrogen functional groups attached to an aromatic ring is 1. The van der Waals surface area contributed by atoms with Gasteiger partial charge in [0.25, 0.3) is 0 Å². The summed E-state index contributed by atoms with van der Waals surface area (Å²) in [6, 6.07) is 0.0989. The van der Waals surface area contributed by atoms with Crippen LogP contribution < -0.4 is 16.0 Å². The molecular weight excluding hydrogens is 358 g/mol. The second-order valence-electron chi connectivity index (χ2n) is 6.54. The van der Waals surface area contributed by atoms with Crippen LogP contribution in [-0.4, -0.2) is 47.3 Å². The Morgan fingerprint density at radius 2 is 2.27 bits per heavy atom. The number of carboxylic acid groups (broad SMARTS) is 1. The molecule has 8 nitrogen and oxygen atoms in total. The Kier molecular flexibility index (Phi) is 4.95. The Balaban J connectivity index is 1.93. The van der Waals surface area contributed by atoms with Crippen LogP contribution in [0, 0.1) is 0 Å². The van der Waals surface area contributed by atoms with Gasteiger partial charge in [0.1, 0.15) is 16.7 Å². The lowest BCUT2D eigenvalue weighted by molar-refractivity contribution is -0.137.